The van der Waals surface area contributed by atoms with E-state index in [1.807, 2.05) is 6.92 Å². The number of rotatable bonds is 2. The van der Waals surface area contributed by atoms with Gasteiger partial charge in [0.05, 0.1) is 5.69 Å². The van der Waals surface area contributed by atoms with Crippen molar-refractivity contribution in [1.82, 2.24) is 0 Å². The van der Waals surface area contributed by atoms with Crippen LogP contribution in [0.2, 0.25) is 0 Å². The lowest BCUT2D eigenvalue weighted by atomic mass is 10.1. The van der Waals surface area contributed by atoms with Crippen molar-refractivity contribution in [2.75, 3.05) is 0 Å². The summed E-state index contributed by atoms with van der Waals surface area (Å²) in [4.78, 5) is 3.36. The largest absolute Gasteiger partial charge is 0.444 e. The summed E-state index contributed by atoms with van der Waals surface area (Å²) in [7, 11) is 0. The molecule has 0 saturated carbocycles. The first-order chi connectivity index (χ1) is 6.95. The van der Waals surface area contributed by atoms with Crippen molar-refractivity contribution in [3.05, 3.63) is 29.8 Å². The Kier molecular flexibility index (Phi) is 3.74. The summed E-state index contributed by atoms with van der Waals surface area (Å²) in [6, 6.07) is 6.60. The van der Waals surface area contributed by atoms with Gasteiger partial charge in [0.25, 0.3) is 0 Å². The van der Waals surface area contributed by atoms with E-state index in [0.29, 0.717) is 6.42 Å². The van der Waals surface area contributed by atoms with E-state index >= 15 is 0 Å². The Bertz CT molecular complexity index is 371. The van der Waals surface area contributed by atoms with Crippen LogP contribution in [0.1, 0.15) is 12.5 Å². The van der Waals surface area contributed by atoms with Gasteiger partial charge in [-0.2, -0.15) is 13.2 Å². The van der Waals surface area contributed by atoms with Crippen molar-refractivity contribution < 1.29 is 13.2 Å². The number of aliphatic imine (C=N–C) groups is 1. The van der Waals surface area contributed by atoms with E-state index in [4.69, 9.17) is 11.6 Å². The van der Waals surface area contributed by atoms with Crippen LogP contribution < -0.4 is 0 Å². The van der Waals surface area contributed by atoms with Crippen LogP contribution in [0.15, 0.2) is 29.3 Å². The Balaban J connectivity index is 3.08. The normalized spacial score (nSPS) is 13.0. The van der Waals surface area contributed by atoms with E-state index in [1.165, 1.54) is 6.07 Å². The number of halogens is 4. The second kappa shape index (κ2) is 4.66. The highest BCUT2D eigenvalue weighted by Crippen LogP contribution is 2.26. The van der Waals surface area contributed by atoms with E-state index < -0.39 is 11.3 Å². The molecule has 0 radical (unpaired) electrons. The quantitative estimate of drug-likeness (QED) is 0.685. The lowest BCUT2D eigenvalue weighted by Crippen LogP contribution is -2.16. The number of hydrogen-bond donors (Lipinski definition) is 0. The van der Waals surface area contributed by atoms with Crippen LogP contribution in [0.5, 0.6) is 0 Å². The highest BCUT2D eigenvalue weighted by Gasteiger charge is 2.34. The van der Waals surface area contributed by atoms with Crippen LogP contribution in [0.4, 0.5) is 18.9 Å². The Morgan fingerprint density at radius 1 is 1.33 bits per heavy atom. The molecule has 15 heavy (non-hydrogen) atoms. The van der Waals surface area contributed by atoms with Gasteiger partial charge >= 0.3 is 6.18 Å². The van der Waals surface area contributed by atoms with Crippen LogP contribution in [0, 0.1) is 0 Å². The second-order valence-corrected chi connectivity index (χ2v) is 3.24. The summed E-state index contributed by atoms with van der Waals surface area (Å²) in [5, 5.41) is -1.34. The smallest absolute Gasteiger partial charge is 0.232 e. The van der Waals surface area contributed by atoms with Crippen molar-refractivity contribution in [2.45, 2.75) is 19.5 Å². The fourth-order valence-corrected chi connectivity index (χ4v) is 1.18. The van der Waals surface area contributed by atoms with Gasteiger partial charge in [0.2, 0.25) is 5.17 Å². The van der Waals surface area contributed by atoms with Crippen LogP contribution in [-0.4, -0.2) is 11.3 Å². The zero-order chi connectivity index (χ0) is 11.5. The van der Waals surface area contributed by atoms with Crippen LogP contribution in [-0.2, 0) is 6.42 Å². The van der Waals surface area contributed by atoms with Gasteiger partial charge in [0.1, 0.15) is 0 Å². The molecule has 1 aromatic rings. The molecule has 0 atom stereocenters. The minimum Gasteiger partial charge on any atom is -0.232 e. The van der Waals surface area contributed by atoms with Crippen molar-refractivity contribution in [3.63, 3.8) is 0 Å². The fraction of sp³-hybridized carbons (Fsp3) is 0.300. The number of hydrogen-bond acceptors (Lipinski definition) is 1. The Morgan fingerprint density at radius 2 is 1.93 bits per heavy atom. The van der Waals surface area contributed by atoms with Gasteiger partial charge in [-0.15, -0.1) is 0 Å². The maximum atomic E-state index is 12.1. The Morgan fingerprint density at radius 3 is 2.47 bits per heavy atom. The van der Waals surface area contributed by atoms with E-state index in [-0.39, 0.29) is 5.69 Å². The zero-order valence-corrected chi connectivity index (χ0v) is 8.73. The number of para-hydroxylation sites is 1. The molecular weight excluding hydrogens is 227 g/mol. The van der Waals surface area contributed by atoms with Gasteiger partial charge in [0.15, 0.2) is 0 Å². The minimum absolute atomic E-state index is 0.266. The zero-order valence-electron chi connectivity index (χ0n) is 7.98. The lowest BCUT2D eigenvalue weighted by Gasteiger charge is -2.05. The van der Waals surface area contributed by atoms with Gasteiger partial charge in [-0.1, -0.05) is 36.7 Å². The van der Waals surface area contributed by atoms with Crippen molar-refractivity contribution >= 4 is 22.5 Å². The molecule has 1 aromatic carbocycles. The molecule has 0 heterocycles. The Labute approximate surface area is 90.6 Å². The molecule has 0 amide bonds. The molecule has 0 aromatic heterocycles. The van der Waals surface area contributed by atoms with E-state index in [2.05, 4.69) is 4.99 Å². The summed E-state index contributed by atoms with van der Waals surface area (Å²) < 4.78 is 36.3. The molecule has 1 nitrogen and oxygen atoms in total. The first-order valence-corrected chi connectivity index (χ1v) is 4.72. The van der Waals surface area contributed by atoms with Crippen LogP contribution in [0.3, 0.4) is 0 Å². The number of aryl methyl sites for hydroxylation is 1. The molecule has 0 spiro atoms. The molecular formula is C10H9ClF3N. The van der Waals surface area contributed by atoms with Crippen LogP contribution in [0.25, 0.3) is 0 Å². The van der Waals surface area contributed by atoms with Gasteiger partial charge < -0.3 is 0 Å². The third kappa shape index (κ3) is 3.23. The summed E-state index contributed by atoms with van der Waals surface area (Å²) in [6.07, 6.45) is -3.97. The average molecular weight is 236 g/mol. The molecule has 5 heteroatoms. The molecule has 0 N–H and O–H groups in total. The summed E-state index contributed by atoms with van der Waals surface area (Å²) in [6.45, 7) is 1.84. The maximum Gasteiger partial charge on any atom is 0.444 e. The second-order valence-electron chi connectivity index (χ2n) is 2.88. The number of nitrogens with zero attached hydrogens (tertiary/aromatic N) is 1. The van der Waals surface area contributed by atoms with Gasteiger partial charge in [-0.05, 0) is 18.1 Å². The molecule has 0 saturated heterocycles. The van der Waals surface area contributed by atoms with Crippen molar-refractivity contribution in [2.24, 2.45) is 4.99 Å². The van der Waals surface area contributed by atoms with Crippen molar-refractivity contribution in [3.8, 4) is 0 Å². The SMILES string of the molecule is CCc1ccccc1N=C(Cl)C(F)(F)F. The third-order valence-corrected chi connectivity index (χ3v) is 2.12. The number of benzene rings is 1. The predicted molar refractivity (Wildman–Crippen MR) is 54.8 cm³/mol. The molecule has 1 rings (SSSR count). The minimum atomic E-state index is -4.58. The van der Waals surface area contributed by atoms with Crippen LogP contribution >= 0.6 is 11.6 Å². The van der Waals surface area contributed by atoms with E-state index in [1.54, 1.807) is 18.2 Å². The molecule has 0 aliphatic carbocycles. The van der Waals surface area contributed by atoms with Gasteiger partial charge in [-0.3, -0.25) is 0 Å². The molecule has 0 aliphatic rings. The summed E-state index contributed by atoms with van der Waals surface area (Å²) in [5.41, 5.74) is 1.00. The lowest BCUT2D eigenvalue weighted by molar-refractivity contribution is -0.0558. The van der Waals surface area contributed by atoms with Crippen molar-refractivity contribution in [1.29, 1.82) is 0 Å². The highest BCUT2D eigenvalue weighted by atomic mass is 35.5. The summed E-state index contributed by atoms with van der Waals surface area (Å²) >= 11 is 5.05. The maximum absolute atomic E-state index is 12.1. The first-order valence-electron chi connectivity index (χ1n) is 4.34. The number of alkyl halides is 3. The average Bonchev–Trinajstić information content (AvgIpc) is 2.17. The monoisotopic (exact) mass is 235 g/mol. The summed E-state index contributed by atoms with van der Waals surface area (Å²) in [5.74, 6) is 0. The molecule has 0 aliphatic heterocycles. The van der Waals surface area contributed by atoms with E-state index in [0.717, 1.165) is 5.56 Å². The first kappa shape index (κ1) is 12.0. The Hall–Kier alpha value is -1.03. The third-order valence-electron chi connectivity index (χ3n) is 1.83. The fourth-order valence-electron chi connectivity index (χ4n) is 1.09. The standard InChI is InChI=1S/C10H9ClF3N/c1-2-7-5-3-4-6-8(7)15-9(11)10(12,13)14/h3-6H,2H2,1H3. The molecule has 0 bridgehead atoms. The topological polar surface area (TPSA) is 12.4 Å². The van der Waals surface area contributed by atoms with Gasteiger partial charge in [0, 0.05) is 0 Å². The predicted octanol–water partition coefficient (Wildman–Crippen LogP) is 4.08. The molecule has 0 fully saturated rings. The molecule has 0 unspecified atom stereocenters. The van der Waals surface area contributed by atoms with Gasteiger partial charge in [-0.25, -0.2) is 4.99 Å². The molecule has 82 valence electrons. The van der Waals surface area contributed by atoms with E-state index in [9.17, 15) is 13.2 Å². The highest BCUT2D eigenvalue weighted by molar-refractivity contribution is 6.67.